The van der Waals surface area contributed by atoms with Crippen molar-refractivity contribution in [3.63, 3.8) is 0 Å². The SMILES string of the molecule is C[C@@H]1COC[C@@](CO)(CNc2ccc(C#N)nn2)N1C. The Morgan fingerprint density at radius 2 is 2.40 bits per heavy atom. The zero-order valence-electron chi connectivity index (χ0n) is 11.7. The molecule has 7 heteroatoms. The van der Waals surface area contributed by atoms with Crippen molar-refractivity contribution in [2.75, 3.05) is 38.7 Å². The van der Waals surface area contributed by atoms with Crippen molar-refractivity contribution >= 4 is 5.82 Å². The molecule has 1 aromatic rings. The van der Waals surface area contributed by atoms with E-state index in [0.717, 1.165) is 0 Å². The minimum atomic E-state index is -0.479. The van der Waals surface area contributed by atoms with Gasteiger partial charge in [-0.15, -0.1) is 10.2 Å². The lowest BCUT2D eigenvalue weighted by atomic mass is 9.96. The fraction of sp³-hybridized carbons (Fsp3) is 0.615. The van der Waals surface area contributed by atoms with Crippen molar-refractivity contribution in [1.82, 2.24) is 15.1 Å². The van der Waals surface area contributed by atoms with Crippen molar-refractivity contribution in [3.8, 4) is 6.07 Å². The van der Waals surface area contributed by atoms with Crippen molar-refractivity contribution in [2.24, 2.45) is 0 Å². The number of likely N-dealkylation sites (N-methyl/N-ethyl adjacent to an activating group) is 1. The van der Waals surface area contributed by atoms with Crippen LogP contribution < -0.4 is 5.32 Å². The molecule has 2 heterocycles. The Balaban J connectivity index is 2.04. The van der Waals surface area contributed by atoms with E-state index in [-0.39, 0.29) is 18.3 Å². The first-order valence-corrected chi connectivity index (χ1v) is 6.50. The summed E-state index contributed by atoms with van der Waals surface area (Å²) < 4.78 is 5.56. The molecule has 1 fully saturated rings. The van der Waals surface area contributed by atoms with Gasteiger partial charge in [-0.05, 0) is 26.1 Å². The highest BCUT2D eigenvalue weighted by Gasteiger charge is 2.40. The number of ether oxygens (including phenoxy) is 1. The van der Waals surface area contributed by atoms with Gasteiger partial charge in [-0.2, -0.15) is 5.26 Å². The van der Waals surface area contributed by atoms with Gasteiger partial charge in [0, 0.05) is 12.6 Å². The van der Waals surface area contributed by atoms with Gasteiger partial charge >= 0.3 is 0 Å². The molecule has 108 valence electrons. The number of hydrogen-bond acceptors (Lipinski definition) is 7. The normalized spacial score (nSPS) is 27.0. The van der Waals surface area contributed by atoms with E-state index in [2.05, 4.69) is 27.3 Å². The topological polar surface area (TPSA) is 94.3 Å². The highest BCUT2D eigenvalue weighted by atomic mass is 16.5. The minimum absolute atomic E-state index is 0.00938. The molecule has 0 amide bonds. The van der Waals surface area contributed by atoms with Crippen LogP contribution in [0.5, 0.6) is 0 Å². The van der Waals surface area contributed by atoms with E-state index in [4.69, 9.17) is 10.00 Å². The smallest absolute Gasteiger partial charge is 0.163 e. The van der Waals surface area contributed by atoms with Crippen LogP contribution in [-0.2, 0) is 4.74 Å². The molecule has 0 unspecified atom stereocenters. The molecule has 1 aliphatic rings. The molecule has 1 aliphatic heterocycles. The zero-order chi connectivity index (χ0) is 14.6. The van der Waals surface area contributed by atoms with Gasteiger partial charge in [0.2, 0.25) is 0 Å². The van der Waals surface area contributed by atoms with Gasteiger partial charge in [0.1, 0.15) is 11.9 Å². The van der Waals surface area contributed by atoms with Gasteiger partial charge in [0.05, 0.1) is 25.4 Å². The molecule has 1 saturated heterocycles. The van der Waals surface area contributed by atoms with E-state index < -0.39 is 5.54 Å². The van der Waals surface area contributed by atoms with Crippen LogP contribution in [0.2, 0.25) is 0 Å². The zero-order valence-corrected chi connectivity index (χ0v) is 11.7. The third kappa shape index (κ3) is 2.88. The summed E-state index contributed by atoms with van der Waals surface area (Å²) in [5.41, 5.74) is -0.202. The fourth-order valence-electron chi connectivity index (χ4n) is 2.23. The number of aliphatic hydroxyl groups is 1. The summed E-state index contributed by atoms with van der Waals surface area (Å²) in [6.07, 6.45) is 0. The van der Waals surface area contributed by atoms with E-state index in [9.17, 15) is 5.11 Å². The maximum atomic E-state index is 9.75. The van der Waals surface area contributed by atoms with Crippen molar-refractivity contribution in [3.05, 3.63) is 17.8 Å². The van der Waals surface area contributed by atoms with E-state index in [0.29, 0.717) is 25.6 Å². The van der Waals surface area contributed by atoms with Crippen LogP contribution in [0.4, 0.5) is 5.82 Å². The molecule has 2 rings (SSSR count). The third-order valence-corrected chi connectivity index (χ3v) is 3.81. The van der Waals surface area contributed by atoms with Crippen LogP contribution in [0.15, 0.2) is 12.1 Å². The van der Waals surface area contributed by atoms with Gasteiger partial charge in [-0.25, -0.2) is 0 Å². The lowest BCUT2D eigenvalue weighted by Gasteiger charge is -2.47. The minimum Gasteiger partial charge on any atom is -0.394 e. The van der Waals surface area contributed by atoms with Gasteiger partial charge < -0.3 is 15.2 Å². The average molecular weight is 277 g/mol. The van der Waals surface area contributed by atoms with Crippen LogP contribution in [0.3, 0.4) is 0 Å². The van der Waals surface area contributed by atoms with Gasteiger partial charge in [0.25, 0.3) is 0 Å². The lowest BCUT2D eigenvalue weighted by Crippen LogP contribution is -2.64. The number of morpholine rings is 1. The second-order valence-electron chi connectivity index (χ2n) is 5.13. The fourth-order valence-corrected chi connectivity index (χ4v) is 2.23. The van der Waals surface area contributed by atoms with Crippen LogP contribution >= 0.6 is 0 Å². The molecule has 2 N–H and O–H groups in total. The summed E-state index contributed by atoms with van der Waals surface area (Å²) in [4.78, 5) is 2.13. The molecule has 2 atom stereocenters. The van der Waals surface area contributed by atoms with Crippen molar-refractivity contribution < 1.29 is 9.84 Å². The molecule has 0 aromatic carbocycles. The van der Waals surface area contributed by atoms with Crippen molar-refractivity contribution in [2.45, 2.75) is 18.5 Å². The predicted octanol–water partition coefficient (Wildman–Crippen LogP) is -0.158. The number of aliphatic hydroxyl groups excluding tert-OH is 1. The Morgan fingerprint density at radius 3 is 3.00 bits per heavy atom. The summed E-state index contributed by atoms with van der Waals surface area (Å²) >= 11 is 0. The molecule has 7 nitrogen and oxygen atoms in total. The summed E-state index contributed by atoms with van der Waals surface area (Å²) in [5.74, 6) is 0.573. The van der Waals surface area contributed by atoms with Crippen LogP contribution in [0.1, 0.15) is 12.6 Å². The maximum absolute atomic E-state index is 9.75. The Hall–Kier alpha value is -1.75. The lowest BCUT2D eigenvalue weighted by molar-refractivity contribution is -0.101. The molecule has 0 radical (unpaired) electrons. The van der Waals surface area contributed by atoms with Crippen LogP contribution in [0, 0.1) is 11.3 Å². The molecule has 0 bridgehead atoms. The Labute approximate surface area is 118 Å². The number of hydrogen-bond donors (Lipinski definition) is 2. The molecule has 0 spiro atoms. The van der Waals surface area contributed by atoms with Gasteiger partial charge in [-0.3, -0.25) is 4.90 Å². The van der Waals surface area contributed by atoms with Crippen molar-refractivity contribution in [1.29, 1.82) is 5.26 Å². The first-order valence-electron chi connectivity index (χ1n) is 6.50. The molecule has 1 aromatic heterocycles. The third-order valence-electron chi connectivity index (χ3n) is 3.81. The predicted molar refractivity (Wildman–Crippen MR) is 73.1 cm³/mol. The van der Waals surface area contributed by atoms with Gasteiger partial charge in [-0.1, -0.05) is 0 Å². The number of nitriles is 1. The molecular weight excluding hydrogens is 258 g/mol. The summed E-state index contributed by atoms with van der Waals surface area (Å²) in [6.45, 7) is 3.66. The van der Waals surface area contributed by atoms with Crippen LogP contribution in [-0.4, -0.2) is 65.2 Å². The highest BCUT2D eigenvalue weighted by molar-refractivity contribution is 5.36. The number of nitrogens with zero attached hydrogens (tertiary/aromatic N) is 4. The number of rotatable bonds is 4. The Bertz CT molecular complexity index is 487. The van der Waals surface area contributed by atoms with E-state index in [1.54, 1.807) is 12.1 Å². The largest absolute Gasteiger partial charge is 0.394 e. The standard InChI is InChI=1S/C13H19N5O2/c1-10-6-20-9-13(8-19,18(10)2)7-15-12-4-3-11(5-14)16-17-12/h3-4,10,19H,6-9H2,1-2H3,(H,15,17)/t10-,13+/m1/s1. The Kier molecular flexibility index (Phi) is 4.49. The summed E-state index contributed by atoms with van der Waals surface area (Å²) in [5, 5.41) is 29.3. The van der Waals surface area contributed by atoms with E-state index in [1.165, 1.54) is 0 Å². The molecule has 0 aliphatic carbocycles. The highest BCUT2D eigenvalue weighted by Crippen LogP contribution is 2.22. The average Bonchev–Trinajstić information content (AvgIpc) is 2.49. The van der Waals surface area contributed by atoms with E-state index in [1.807, 2.05) is 13.1 Å². The van der Waals surface area contributed by atoms with Crippen LogP contribution in [0.25, 0.3) is 0 Å². The molecular formula is C13H19N5O2. The monoisotopic (exact) mass is 277 g/mol. The second-order valence-corrected chi connectivity index (χ2v) is 5.13. The molecule has 0 saturated carbocycles. The first kappa shape index (κ1) is 14.7. The van der Waals surface area contributed by atoms with Gasteiger partial charge in [0.15, 0.2) is 5.69 Å². The Morgan fingerprint density at radius 1 is 1.60 bits per heavy atom. The summed E-state index contributed by atoms with van der Waals surface area (Å²) in [6, 6.07) is 5.46. The first-order chi connectivity index (χ1) is 9.61. The maximum Gasteiger partial charge on any atom is 0.163 e. The number of aromatic nitrogens is 2. The van der Waals surface area contributed by atoms with E-state index >= 15 is 0 Å². The second kappa shape index (κ2) is 6.13. The number of anilines is 1. The molecule has 20 heavy (non-hydrogen) atoms. The number of nitrogens with one attached hydrogen (secondary N) is 1. The summed E-state index contributed by atoms with van der Waals surface area (Å²) in [7, 11) is 1.98. The quantitative estimate of drug-likeness (QED) is 0.789.